The SMILES string of the molecule is Clc1ccc(C(c2ccc(Cl)cc2)N2CCNCC2)cc1.O=C(Cl)Cn1ccn(C(c2ccccc2)c2ccccc2)c1=O.O=C(Cn1ccn(C(c2ccccc2)c2ccccc2)c1=O)N1CCN(C(c2ccc(Cl)cc2)c2ccc(Cl)cc2)CC1. The summed E-state index contributed by atoms with van der Waals surface area (Å²) in [4.78, 5) is 57.5. The molecule has 0 atom stereocenters. The standard InChI is InChI=1S/C35H32Cl2N4O2.C18H15ClN2O2.C17H18Cl2N2/c36-30-15-11-28(12-16-30)33(29-13-17-31(37)18-14-29)39-21-19-38(20-22-39)32(42)25-40-23-24-41(35(40)43)34(26-7-3-1-4-8-26)27-9-5-2-6-10-27;19-16(22)13-20-11-12-21(18(20)23)17(14-7-3-1-4-8-14)15-9-5-2-6-10-15;18-15-5-1-13(2-6-15)17(21-11-9-20-10-12-21)14-3-7-16(19)8-4-14/h1-18,23-24,33-34H,19-22,25H2;1-12,17H,13H2;1-8,17,20H,9-12H2. The van der Waals surface area contributed by atoms with Crippen molar-refractivity contribution in [3.8, 4) is 0 Å². The highest BCUT2D eigenvalue weighted by Gasteiger charge is 2.30. The summed E-state index contributed by atoms with van der Waals surface area (Å²) >= 11 is 29.8. The molecule has 444 valence electrons. The number of hydrogen-bond acceptors (Lipinski definition) is 7. The lowest BCUT2D eigenvalue weighted by atomic mass is 9.96. The van der Waals surface area contributed by atoms with Gasteiger partial charge in [-0.3, -0.25) is 37.7 Å². The predicted octanol–water partition coefficient (Wildman–Crippen LogP) is 13.6. The van der Waals surface area contributed by atoms with Gasteiger partial charge < -0.3 is 10.2 Å². The van der Waals surface area contributed by atoms with Crippen LogP contribution in [0.1, 0.15) is 68.7 Å². The van der Waals surface area contributed by atoms with Gasteiger partial charge in [-0.1, -0.05) is 216 Å². The zero-order valence-electron chi connectivity index (χ0n) is 47.6. The van der Waals surface area contributed by atoms with E-state index < -0.39 is 5.24 Å². The Hall–Kier alpha value is -7.75. The first kappa shape index (κ1) is 62.3. The van der Waals surface area contributed by atoms with Crippen molar-refractivity contribution in [2.75, 3.05) is 52.4 Å². The minimum absolute atomic E-state index is 0.0000695. The Kier molecular flexibility index (Phi) is 21.7. The molecule has 2 aliphatic heterocycles. The normalized spacial score (nSPS) is 13.7. The summed E-state index contributed by atoms with van der Waals surface area (Å²) in [6, 6.07) is 71.3. The fourth-order valence-corrected chi connectivity index (χ4v) is 12.0. The topological polar surface area (TPSA) is 110 Å². The number of hydrogen-bond donors (Lipinski definition) is 1. The van der Waals surface area contributed by atoms with Gasteiger partial charge in [-0.05, 0) is 105 Å². The molecule has 2 fully saturated rings. The van der Waals surface area contributed by atoms with Gasteiger partial charge in [0.1, 0.15) is 13.1 Å². The molecule has 2 aliphatic rings. The van der Waals surface area contributed by atoms with Gasteiger partial charge in [0, 0.05) is 97.2 Å². The van der Waals surface area contributed by atoms with Crippen LogP contribution in [0.25, 0.3) is 0 Å². The van der Waals surface area contributed by atoms with Gasteiger partial charge in [0.25, 0.3) is 0 Å². The van der Waals surface area contributed by atoms with E-state index in [-0.39, 0.29) is 54.5 Å². The van der Waals surface area contributed by atoms with Gasteiger partial charge >= 0.3 is 11.4 Å². The van der Waals surface area contributed by atoms with Crippen LogP contribution in [0.15, 0.2) is 253 Å². The van der Waals surface area contributed by atoms with E-state index in [1.54, 1.807) is 33.9 Å². The Labute approximate surface area is 531 Å². The zero-order chi connectivity index (χ0) is 60.7. The Morgan fingerprint density at radius 3 is 0.954 bits per heavy atom. The summed E-state index contributed by atoms with van der Waals surface area (Å²) in [5, 5.41) is 5.77. The highest BCUT2D eigenvalue weighted by Crippen LogP contribution is 2.34. The molecule has 8 aromatic carbocycles. The molecule has 1 N–H and O–H groups in total. The van der Waals surface area contributed by atoms with E-state index in [2.05, 4.69) is 39.4 Å². The van der Waals surface area contributed by atoms with Crippen molar-refractivity contribution in [2.24, 2.45) is 0 Å². The first-order valence-corrected chi connectivity index (χ1v) is 30.7. The van der Waals surface area contributed by atoms with Crippen molar-refractivity contribution in [3.05, 3.63) is 329 Å². The lowest BCUT2D eigenvalue weighted by Gasteiger charge is -2.40. The molecule has 87 heavy (non-hydrogen) atoms. The Balaban J connectivity index is 0.000000160. The van der Waals surface area contributed by atoms with Gasteiger partial charge in [-0.25, -0.2) is 9.59 Å². The predicted molar refractivity (Wildman–Crippen MR) is 351 cm³/mol. The lowest BCUT2D eigenvalue weighted by molar-refractivity contribution is -0.133. The molecule has 0 unspecified atom stereocenters. The van der Waals surface area contributed by atoms with E-state index in [1.165, 1.54) is 20.3 Å². The van der Waals surface area contributed by atoms with Crippen LogP contribution < -0.4 is 16.7 Å². The smallest absolute Gasteiger partial charge is 0.329 e. The molecule has 10 aromatic rings. The Bertz CT molecular complexity index is 3740. The van der Waals surface area contributed by atoms with Crippen molar-refractivity contribution in [3.63, 3.8) is 0 Å². The second kappa shape index (κ2) is 30.2. The number of aromatic nitrogens is 4. The van der Waals surface area contributed by atoms with Crippen LogP contribution in [-0.2, 0) is 22.7 Å². The van der Waals surface area contributed by atoms with E-state index in [9.17, 15) is 19.2 Å². The number of rotatable bonds is 16. The minimum atomic E-state index is -0.569. The van der Waals surface area contributed by atoms with E-state index in [1.807, 2.05) is 199 Å². The number of carbonyl (C=O) groups is 2. The zero-order valence-corrected chi connectivity index (χ0v) is 51.4. The summed E-state index contributed by atoms with van der Waals surface area (Å²) in [7, 11) is 0. The van der Waals surface area contributed by atoms with Crippen LogP contribution >= 0.6 is 58.0 Å². The summed E-state index contributed by atoms with van der Waals surface area (Å²) in [6.07, 6.45) is 6.77. The van der Waals surface area contributed by atoms with E-state index in [0.29, 0.717) is 36.2 Å². The molecule has 17 heteroatoms. The molecule has 0 saturated carbocycles. The highest BCUT2D eigenvalue weighted by atomic mass is 35.5. The fraction of sp³-hybridized carbons (Fsp3) is 0.200. The average Bonchev–Trinajstić information content (AvgIpc) is 3.83. The van der Waals surface area contributed by atoms with Gasteiger partial charge in [-0.15, -0.1) is 0 Å². The highest BCUT2D eigenvalue weighted by molar-refractivity contribution is 6.63. The third kappa shape index (κ3) is 16.1. The summed E-state index contributed by atoms with van der Waals surface area (Å²) in [6.45, 7) is 6.53. The number of amides is 1. The summed E-state index contributed by atoms with van der Waals surface area (Å²) < 4.78 is 6.15. The van der Waals surface area contributed by atoms with E-state index in [4.69, 9.17) is 58.0 Å². The first-order valence-electron chi connectivity index (χ1n) is 28.8. The number of carbonyl (C=O) groups excluding carboxylic acids is 2. The molecular weight excluding hydrogens is 1190 g/mol. The number of nitrogens with zero attached hydrogens (tertiary/aromatic N) is 7. The second-order valence-electron chi connectivity index (χ2n) is 21.2. The Morgan fingerprint density at radius 2 is 0.644 bits per heavy atom. The summed E-state index contributed by atoms with van der Waals surface area (Å²) in [5.74, 6) is -0.0648. The van der Waals surface area contributed by atoms with Crippen LogP contribution in [-0.4, -0.2) is 96.5 Å². The molecule has 0 spiro atoms. The maximum Gasteiger partial charge on any atom is 0.329 e. The van der Waals surface area contributed by atoms with Crippen LogP contribution in [0, 0.1) is 0 Å². The second-order valence-corrected chi connectivity index (χ2v) is 23.4. The molecule has 12 rings (SSSR count). The maximum atomic E-state index is 13.6. The number of piperazine rings is 2. The molecule has 2 aromatic heterocycles. The van der Waals surface area contributed by atoms with E-state index >= 15 is 0 Å². The van der Waals surface area contributed by atoms with Crippen molar-refractivity contribution in [1.82, 2.24) is 38.3 Å². The van der Waals surface area contributed by atoms with Crippen LogP contribution in [0.5, 0.6) is 0 Å². The summed E-state index contributed by atoms with van der Waals surface area (Å²) in [5.41, 5.74) is 8.32. The van der Waals surface area contributed by atoms with Gasteiger partial charge in [0.05, 0.1) is 24.2 Å². The van der Waals surface area contributed by atoms with Crippen LogP contribution in [0.3, 0.4) is 0 Å². The number of imidazole rings is 2. The maximum absolute atomic E-state index is 13.6. The quantitative estimate of drug-likeness (QED) is 0.0960. The molecule has 0 radical (unpaired) electrons. The van der Waals surface area contributed by atoms with Gasteiger partial charge in [-0.2, -0.15) is 0 Å². The number of benzene rings is 8. The van der Waals surface area contributed by atoms with Crippen molar-refractivity contribution in [2.45, 2.75) is 37.3 Å². The molecule has 0 aliphatic carbocycles. The molecule has 2 saturated heterocycles. The Morgan fingerprint density at radius 1 is 0.356 bits per heavy atom. The number of halogens is 5. The van der Waals surface area contributed by atoms with Crippen LogP contribution in [0.4, 0.5) is 0 Å². The molecule has 1 amide bonds. The largest absolute Gasteiger partial charge is 0.339 e. The van der Waals surface area contributed by atoms with E-state index in [0.717, 1.165) is 69.6 Å². The first-order chi connectivity index (χ1) is 42.4. The monoisotopic (exact) mass is 1260 g/mol. The van der Waals surface area contributed by atoms with Crippen molar-refractivity contribution in [1.29, 1.82) is 0 Å². The van der Waals surface area contributed by atoms with Gasteiger partial charge in [0.2, 0.25) is 11.1 Å². The third-order valence-electron chi connectivity index (χ3n) is 15.7. The minimum Gasteiger partial charge on any atom is -0.339 e. The molecular formula is C70H65Cl5N8O4. The average molecular weight is 1260 g/mol. The van der Waals surface area contributed by atoms with Crippen molar-refractivity contribution >= 4 is 69.2 Å². The lowest BCUT2D eigenvalue weighted by Crippen LogP contribution is -2.51. The third-order valence-corrected chi connectivity index (χ3v) is 16.8. The molecule has 12 nitrogen and oxygen atoms in total. The number of nitrogens with one attached hydrogen (secondary N) is 1. The van der Waals surface area contributed by atoms with Crippen molar-refractivity contribution < 1.29 is 9.59 Å². The molecule has 4 heterocycles. The molecule has 0 bridgehead atoms. The van der Waals surface area contributed by atoms with Crippen LogP contribution in [0.2, 0.25) is 20.1 Å². The fourth-order valence-electron chi connectivity index (χ4n) is 11.4. The van der Waals surface area contributed by atoms with Gasteiger partial charge in [0.15, 0.2) is 0 Å².